The molecule has 0 radical (unpaired) electrons. The molecule has 1 amide bonds. The third-order valence-corrected chi connectivity index (χ3v) is 3.70. The number of carbonyl (C=O) groups is 2. The van der Waals surface area contributed by atoms with Gasteiger partial charge in [0.15, 0.2) is 6.61 Å². The van der Waals surface area contributed by atoms with Crippen LogP contribution in [0.15, 0.2) is 36.4 Å². The van der Waals surface area contributed by atoms with Crippen LogP contribution in [0.1, 0.15) is 15.9 Å². The van der Waals surface area contributed by atoms with Crippen LogP contribution in [0.2, 0.25) is 10.0 Å². The van der Waals surface area contributed by atoms with E-state index in [1.54, 1.807) is 25.1 Å². The molecule has 0 saturated heterocycles. The van der Waals surface area contributed by atoms with Gasteiger partial charge in [-0.2, -0.15) is 0 Å². The van der Waals surface area contributed by atoms with Gasteiger partial charge in [0.25, 0.3) is 5.91 Å². The molecule has 0 fully saturated rings. The highest BCUT2D eigenvalue weighted by Gasteiger charge is 2.15. The summed E-state index contributed by atoms with van der Waals surface area (Å²) >= 11 is 11.6. The first kappa shape index (κ1) is 17.1. The van der Waals surface area contributed by atoms with Crippen molar-refractivity contribution in [1.29, 1.82) is 0 Å². The summed E-state index contributed by atoms with van der Waals surface area (Å²) in [6.07, 6.45) is 0. The van der Waals surface area contributed by atoms with Gasteiger partial charge in [0.05, 0.1) is 0 Å². The van der Waals surface area contributed by atoms with Gasteiger partial charge in [-0.05, 0) is 42.8 Å². The zero-order valence-corrected chi connectivity index (χ0v) is 13.6. The van der Waals surface area contributed by atoms with Crippen LogP contribution in [-0.2, 0) is 9.53 Å². The van der Waals surface area contributed by atoms with Crippen LogP contribution in [0.3, 0.4) is 0 Å². The van der Waals surface area contributed by atoms with E-state index < -0.39 is 18.5 Å². The Kier molecular flexibility index (Phi) is 5.47. The third kappa shape index (κ3) is 4.37. The number of amides is 1. The molecular formula is C16H13Cl2NO4. The molecule has 0 aliphatic carbocycles. The predicted molar refractivity (Wildman–Crippen MR) is 88.2 cm³/mol. The minimum atomic E-state index is -0.822. The van der Waals surface area contributed by atoms with Gasteiger partial charge in [-0.25, -0.2) is 4.79 Å². The molecule has 0 aliphatic rings. The van der Waals surface area contributed by atoms with E-state index in [1.165, 1.54) is 18.2 Å². The van der Waals surface area contributed by atoms with E-state index in [4.69, 9.17) is 27.9 Å². The lowest BCUT2D eigenvalue weighted by molar-refractivity contribution is -0.119. The van der Waals surface area contributed by atoms with Gasteiger partial charge < -0.3 is 15.2 Å². The number of hydrogen-bond donors (Lipinski definition) is 2. The van der Waals surface area contributed by atoms with E-state index in [2.05, 4.69) is 5.32 Å². The molecule has 23 heavy (non-hydrogen) atoms. The summed E-state index contributed by atoms with van der Waals surface area (Å²) in [6.45, 7) is 1.27. The summed E-state index contributed by atoms with van der Waals surface area (Å²) in [5.74, 6) is -1.65. The number of phenolic OH excluding ortho intramolecular Hbond substituents is 1. The molecular weight excluding hydrogens is 341 g/mol. The average Bonchev–Trinajstić information content (AvgIpc) is 2.49. The first-order valence-electron chi connectivity index (χ1n) is 6.59. The zero-order chi connectivity index (χ0) is 17.0. The molecule has 2 N–H and O–H groups in total. The molecule has 0 aliphatic heterocycles. The van der Waals surface area contributed by atoms with Crippen LogP contribution in [0.25, 0.3) is 0 Å². The number of ether oxygens (including phenoxy) is 1. The maximum atomic E-state index is 11.8. The first-order valence-corrected chi connectivity index (χ1v) is 7.34. The number of halogens is 2. The van der Waals surface area contributed by atoms with E-state index in [9.17, 15) is 14.7 Å². The lowest BCUT2D eigenvalue weighted by atomic mass is 10.2. The number of nitrogens with one attached hydrogen (secondary N) is 1. The maximum Gasteiger partial charge on any atom is 0.342 e. The zero-order valence-electron chi connectivity index (χ0n) is 12.1. The fourth-order valence-corrected chi connectivity index (χ4v) is 2.16. The number of anilines is 1. The van der Waals surface area contributed by atoms with Crippen LogP contribution in [0.5, 0.6) is 5.75 Å². The standard InChI is InChI=1S/C16H13Cl2NO4/c1-9-12(18)3-2-4-13(9)19-15(21)8-23-16(22)11-6-5-10(17)7-14(11)20/h2-7,20H,8H2,1H3,(H,19,21). The van der Waals surface area contributed by atoms with Crippen LogP contribution in [0.4, 0.5) is 5.69 Å². The number of phenols is 1. The largest absolute Gasteiger partial charge is 0.507 e. The normalized spacial score (nSPS) is 10.2. The Morgan fingerprint density at radius 2 is 1.96 bits per heavy atom. The molecule has 5 nitrogen and oxygen atoms in total. The molecule has 0 atom stereocenters. The van der Waals surface area contributed by atoms with Crippen molar-refractivity contribution < 1.29 is 19.4 Å². The van der Waals surface area contributed by atoms with Crippen molar-refractivity contribution in [3.05, 3.63) is 57.6 Å². The van der Waals surface area contributed by atoms with E-state index in [0.29, 0.717) is 16.3 Å². The summed E-state index contributed by atoms with van der Waals surface area (Å²) in [6, 6.07) is 9.06. The summed E-state index contributed by atoms with van der Waals surface area (Å²) in [4.78, 5) is 23.7. The van der Waals surface area contributed by atoms with Crippen molar-refractivity contribution in [2.75, 3.05) is 11.9 Å². The Bertz CT molecular complexity index is 762. The number of aromatic hydroxyl groups is 1. The maximum absolute atomic E-state index is 11.8. The van der Waals surface area contributed by atoms with Gasteiger partial charge >= 0.3 is 5.97 Å². The minimum absolute atomic E-state index is 0.0684. The van der Waals surface area contributed by atoms with E-state index in [0.717, 1.165) is 0 Å². The summed E-state index contributed by atoms with van der Waals surface area (Å²) in [7, 11) is 0. The molecule has 2 aromatic carbocycles. The topological polar surface area (TPSA) is 75.6 Å². The lowest BCUT2D eigenvalue weighted by Gasteiger charge is -2.10. The molecule has 0 bridgehead atoms. The fraction of sp³-hybridized carbons (Fsp3) is 0.125. The monoisotopic (exact) mass is 353 g/mol. The molecule has 0 heterocycles. The Balaban J connectivity index is 1.96. The molecule has 0 saturated carbocycles. The van der Waals surface area contributed by atoms with Crippen molar-refractivity contribution >= 4 is 40.8 Å². The molecule has 0 aromatic heterocycles. The molecule has 2 rings (SSSR count). The fourth-order valence-electron chi connectivity index (χ4n) is 1.82. The third-order valence-electron chi connectivity index (χ3n) is 3.06. The second-order valence-corrected chi connectivity index (χ2v) is 5.54. The molecule has 0 unspecified atom stereocenters. The van der Waals surface area contributed by atoms with Gasteiger partial charge in [0.2, 0.25) is 0 Å². The Hall–Kier alpha value is -2.24. The second-order valence-electron chi connectivity index (χ2n) is 4.70. The van der Waals surface area contributed by atoms with Crippen molar-refractivity contribution in [2.45, 2.75) is 6.92 Å². The summed E-state index contributed by atoms with van der Waals surface area (Å²) in [5, 5.41) is 13.0. The molecule has 0 spiro atoms. The molecule has 7 heteroatoms. The highest BCUT2D eigenvalue weighted by Crippen LogP contribution is 2.24. The Morgan fingerprint density at radius 1 is 1.22 bits per heavy atom. The van der Waals surface area contributed by atoms with Crippen molar-refractivity contribution in [3.63, 3.8) is 0 Å². The number of rotatable bonds is 4. The highest BCUT2D eigenvalue weighted by atomic mass is 35.5. The first-order chi connectivity index (χ1) is 10.9. The number of esters is 1. The van der Waals surface area contributed by atoms with Crippen LogP contribution >= 0.6 is 23.2 Å². The van der Waals surface area contributed by atoms with Gasteiger partial charge in [-0.1, -0.05) is 29.3 Å². The van der Waals surface area contributed by atoms with Crippen LogP contribution in [0, 0.1) is 6.92 Å². The number of hydrogen-bond acceptors (Lipinski definition) is 4. The highest BCUT2D eigenvalue weighted by molar-refractivity contribution is 6.31. The predicted octanol–water partition coefficient (Wildman–Crippen LogP) is 3.80. The van der Waals surface area contributed by atoms with Crippen LogP contribution in [-0.4, -0.2) is 23.6 Å². The quantitative estimate of drug-likeness (QED) is 0.819. The van der Waals surface area contributed by atoms with Crippen molar-refractivity contribution in [1.82, 2.24) is 0 Å². The minimum Gasteiger partial charge on any atom is -0.507 e. The van der Waals surface area contributed by atoms with Crippen molar-refractivity contribution in [2.24, 2.45) is 0 Å². The number of benzene rings is 2. The van der Waals surface area contributed by atoms with Gasteiger partial charge in [-0.3, -0.25) is 4.79 Å². The van der Waals surface area contributed by atoms with Gasteiger partial charge in [0, 0.05) is 15.7 Å². The molecule has 2 aromatic rings. The van der Waals surface area contributed by atoms with E-state index in [1.807, 2.05) is 0 Å². The SMILES string of the molecule is Cc1c(Cl)cccc1NC(=O)COC(=O)c1ccc(Cl)cc1O. The Morgan fingerprint density at radius 3 is 2.65 bits per heavy atom. The summed E-state index contributed by atoms with van der Waals surface area (Å²) < 4.78 is 4.87. The molecule has 120 valence electrons. The second kappa shape index (κ2) is 7.35. The number of carbonyl (C=O) groups excluding carboxylic acids is 2. The van der Waals surface area contributed by atoms with Gasteiger partial charge in [0.1, 0.15) is 11.3 Å². The Labute approximate surface area is 142 Å². The average molecular weight is 354 g/mol. The van der Waals surface area contributed by atoms with Gasteiger partial charge in [-0.15, -0.1) is 0 Å². The summed E-state index contributed by atoms with van der Waals surface area (Å²) in [5.41, 5.74) is 1.18. The smallest absolute Gasteiger partial charge is 0.342 e. The van der Waals surface area contributed by atoms with Crippen molar-refractivity contribution in [3.8, 4) is 5.75 Å². The van der Waals surface area contributed by atoms with E-state index >= 15 is 0 Å². The lowest BCUT2D eigenvalue weighted by Crippen LogP contribution is -2.21. The van der Waals surface area contributed by atoms with E-state index in [-0.39, 0.29) is 16.3 Å². The van der Waals surface area contributed by atoms with Crippen LogP contribution < -0.4 is 5.32 Å².